The molecule has 0 aliphatic carbocycles. The highest BCUT2D eigenvalue weighted by Gasteiger charge is 2.17. The molecule has 0 bridgehead atoms. The van der Waals surface area contributed by atoms with Gasteiger partial charge in [0.1, 0.15) is 5.75 Å². The number of likely N-dealkylation sites (N-methyl/N-ethyl adjacent to an activating group) is 1. The molecule has 1 heterocycles. The van der Waals surface area contributed by atoms with Crippen LogP contribution >= 0.6 is 11.6 Å². The van der Waals surface area contributed by atoms with E-state index in [0.29, 0.717) is 36.1 Å². The van der Waals surface area contributed by atoms with Gasteiger partial charge in [-0.3, -0.25) is 9.59 Å². The smallest absolute Gasteiger partial charge is 0.259 e. The Bertz CT molecular complexity index is 589. The first kappa shape index (κ1) is 18.5. The summed E-state index contributed by atoms with van der Waals surface area (Å²) < 4.78 is 10.7. The topological polar surface area (TPSA) is 79.9 Å². The zero-order chi connectivity index (χ0) is 17.5. The maximum absolute atomic E-state index is 12.0. The van der Waals surface area contributed by atoms with Crippen LogP contribution in [0, 0.1) is 0 Å². The molecule has 0 saturated carbocycles. The molecule has 2 amide bonds. The van der Waals surface area contributed by atoms with Crippen molar-refractivity contribution in [3.05, 3.63) is 23.2 Å². The molecular formula is C16H22ClN3O4. The van der Waals surface area contributed by atoms with E-state index in [1.165, 1.54) is 4.90 Å². The Hall–Kier alpha value is -1.83. The predicted molar refractivity (Wildman–Crippen MR) is 91.5 cm³/mol. The number of carbonyl (C=O) groups is 2. The summed E-state index contributed by atoms with van der Waals surface area (Å²) in [5, 5.41) is 6.35. The van der Waals surface area contributed by atoms with Crippen molar-refractivity contribution in [3.63, 3.8) is 0 Å². The molecule has 1 aromatic rings. The number of ether oxygens (including phenoxy) is 2. The predicted octanol–water partition coefficient (Wildman–Crippen LogP) is 1.12. The van der Waals surface area contributed by atoms with Crippen LogP contribution in [0.2, 0.25) is 5.02 Å². The Kier molecular flexibility index (Phi) is 6.84. The second kappa shape index (κ2) is 8.86. The van der Waals surface area contributed by atoms with Crippen molar-refractivity contribution in [1.29, 1.82) is 0 Å². The van der Waals surface area contributed by atoms with Crippen LogP contribution in [0.1, 0.15) is 6.42 Å². The Balaban J connectivity index is 1.86. The number of carbonyl (C=O) groups excluding carboxylic acids is 2. The Morgan fingerprint density at radius 1 is 1.46 bits per heavy atom. The van der Waals surface area contributed by atoms with Gasteiger partial charge in [-0.2, -0.15) is 0 Å². The van der Waals surface area contributed by atoms with Crippen LogP contribution in [0.4, 0.5) is 5.69 Å². The van der Waals surface area contributed by atoms with E-state index >= 15 is 0 Å². The van der Waals surface area contributed by atoms with Crippen LogP contribution in [0.3, 0.4) is 0 Å². The van der Waals surface area contributed by atoms with Crippen molar-refractivity contribution >= 4 is 29.1 Å². The highest BCUT2D eigenvalue weighted by atomic mass is 35.5. The molecule has 1 aliphatic heterocycles. The van der Waals surface area contributed by atoms with E-state index in [1.54, 1.807) is 32.3 Å². The third-order valence-corrected chi connectivity index (χ3v) is 3.79. The van der Waals surface area contributed by atoms with Gasteiger partial charge in [0.25, 0.3) is 5.91 Å². The molecular weight excluding hydrogens is 334 g/mol. The number of morpholine rings is 1. The van der Waals surface area contributed by atoms with Gasteiger partial charge in [0.2, 0.25) is 5.91 Å². The number of hydrogen-bond donors (Lipinski definition) is 2. The van der Waals surface area contributed by atoms with E-state index in [-0.39, 0.29) is 24.5 Å². The van der Waals surface area contributed by atoms with Crippen molar-refractivity contribution in [3.8, 4) is 5.75 Å². The lowest BCUT2D eigenvalue weighted by atomic mass is 10.2. The van der Waals surface area contributed by atoms with Gasteiger partial charge in [-0.05, 0) is 18.2 Å². The number of hydrogen-bond acceptors (Lipinski definition) is 5. The molecule has 0 spiro atoms. The van der Waals surface area contributed by atoms with Crippen molar-refractivity contribution in [2.24, 2.45) is 0 Å². The van der Waals surface area contributed by atoms with Gasteiger partial charge < -0.3 is 25.0 Å². The number of nitrogens with zero attached hydrogens (tertiary/aromatic N) is 1. The molecule has 7 nitrogen and oxygen atoms in total. The van der Waals surface area contributed by atoms with Crippen LogP contribution in [0.25, 0.3) is 0 Å². The number of benzene rings is 1. The molecule has 2 N–H and O–H groups in total. The first-order valence-electron chi connectivity index (χ1n) is 7.69. The molecule has 1 aromatic carbocycles. The van der Waals surface area contributed by atoms with E-state index in [1.807, 2.05) is 0 Å². The molecule has 132 valence electrons. The Labute approximate surface area is 146 Å². The summed E-state index contributed by atoms with van der Waals surface area (Å²) in [6, 6.07) is 4.93. The molecule has 0 aromatic heterocycles. The third kappa shape index (κ3) is 5.67. The van der Waals surface area contributed by atoms with Crippen LogP contribution in [-0.4, -0.2) is 63.2 Å². The second-order valence-electron chi connectivity index (χ2n) is 5.70. The van der Waals surface area contributed by atoms with E-state index in [0.717, 1.165) is 6.54 Å². The molecule has 1 atom stereocenters. The average Bonchev–Trinajstić information content (AvgIpc) is 2.54. The monoisotopic (exact) mass is 355 g/mol. The maximum Gasteiger partial charge on any atom is 0.259 e. The maximum atomic E-state index is 12.0. The number of halogens is 1. The molecule has 1 saturated heterocycles. The van der Waals surface area contributed by atoms with Crippen molar-refractivity contribution in [2.45, 2.75) is 12.5 Å². The van der Waals surface area contributed by atoms with E-state index < -0.39 is 0 Å². The SMILES string of the molecule is CN(C)C(=O)COc1ccc(NC(=O)CC2COCCN2)cc1Cl. The van der Waals surface area contributed by atoms with Gasteiger partial charge in [0, 0.05) is 38.8 Å². The van der Waals surface area contributed by atoms with Crippen LogP contribution in [0.5, 0.6) is 5.75 Å². The summed E-state index contributed by atoms with van der Waals surface area (Å²) in [5.74, 6) is 0.114. The largest absolute Gasteiger partial charge is 0.482 e. The minimum Gasteiger partial charge on any atom is -0.482 e. The fourth-order valence-electron chi connectivity index (χ4n) is 2.15. The lowest BCUT2D eigenvalue weighted by Gasteiger charge is -2.23. The summed E-state index contributed by atoms with van der Waals surface area (Å²) in [5.41, 5.74) is 0.577. The highest BCUT2D eigenvalue weighted by molar-refractivity contribution is 6.32. The van der Waals surface area contributed by atoms with Gasteiger partial charge in [-0.15, -0.1) is 0 Å². The molecule has 0 radical (unpaired) electrons. The minimum atomic E-state index is -0.161. The Morgan fingerprint density at radius 3 is 2.88 bits per heavy atom. The third-order valence-electron chi connectivity index (χ3n) is 3.50. The first-order chi connectivity index (χ1) is 11.5. The fourth-order valence-corrected chi connectivity index (χ4v) is 2.39. The average molecular weight is 356 g/mol. The van der Waals surface area contributed by atoms with Gasteiger partial charge in [-0.25, -0.2) is 0 Å². The van der Waals surface area contributed by atoms with E-state index in [4.69, 9.17) is 21.1 Å². The molecule has 24 heavy (non-hydrogen) atoms. The summed E-state index contributed by atoms with van der Waals surface area (Å²) in [7, 11) is 3.30. The molecule has 1 unspecified atom stereocenters. The van der Waals surface area contributed by atoms with E-state index in [9.17, 15) is 9.59 Å². The van der Waals surface area contributed by atoms with Crippen molar-refractivity contribution < 1.29 is 19.1 Å². The zero-order valence-electron chi connectivity index (χ0n) is 13.8. The van der Waals surface area contributed by atoms with Crippen LogP contribution < -0.4 is 15.4 Å². The number of anilines is 1. The quantitative estimate of drug-likeness (QED) is 0.799. The normalized spacial score (nSPS) is 17.2. The van der Waals surface area contributed by atoms with E-state index in [2.05, 4.69) is 10.6 Å². The number of amides is 2. The van der Waals surface area contributed by atoms with Crippen molar-refractivity contribution in [1.82, 2.24) is 10.2 Å². The van der Waals surface area contributed by atoms with Gasteiger partial charge in [0.15, 0.2) is 6.61 Å². The number of rotatable bonds is 6. The highest BCUT2D eigenvalue weighted by Crippen LogP contribution is 2.27. The summed E-state index contributed by atoms with van der Waals surface area (Å²) in [6.45, 7) is 1.86. The van der Waals surface area contributed by atoms with Gasteiger partial charge >= 0.3 is 0 Å². The lowest BCUT2D eigenvalue weighted by Crippen LogP contribution is -2.43. The summed E-state index contributed by atoms with van der Waals surface area (Å²) in [4.78, 5) is 25.0. The molecule has 1 aliphatic rings. The zero-order valence-corrected chi connectivity index (χ0v) is 14.6. The minimum absolute atomic E-state index is 0.0221. The van der Waals surface area contributed by atoms with Gasteiger partial charge in [-0.1, -0.05) is 11.6 Å². The molecule has 2 rings (SSSR count). The van der Waals surface area contributed by atoms with Gasteiger partial charge in [0.05, 0.1) is 18.2 Å². The molecule has 1 fully saturated rings. The number of nitrogens with one attached hydrogen (secondary N) is 2. The second-order valence-corrected chi connectivity index (χ2v) is 6.11. The van der Waals surface area contributed by atoms with Crippen LogP contribution in [-0.2, 0) is 14.3 Å². The standard InChI is InChI=1S/C16H22ClN3O4/c1-20(2)16(22)10-24-14-4-3-11(7-13(14)17)19-15(21)8-12-9-23-6-5-18-12/h3-4,7,12,18H,5-6,8-10H2,1-2H3,(H,19,21). The lowest BCUT2D eigenvalue weighted by molar-refractivity contribution is -0.130. The van der Waals surface area contributed by atoms with Crippen molar-refractivity contribution in [2.75, 3.05) is 45.8 Å². The Morgan fingerprint density at radius 2 is 2.25 bits per heavy atom. The molecule has 8 heteroatoms. The van der Waals surface area contributed by atoms with Crippen LogP contribution in [0.15, 0.2) is 18.2 Å². The fraction of sp³-hybridized carbons (Fsp3) is 0.500. The first-order valence-corrected chi connectivity index (χ1v) is 8.07. The summed E-state index contributed by atoms with van der Waals surface area (Å²) >= 11 is 6.13. The summed E-state index contributed by atoms with van der Waals surface area (Å²) in [6.07, 6.45) is 0.327.